The molecule has 0 atom stereocenters. The number of rotatable bonds is 3. The van der Waals surface area contributed by atoms with Crippen molar-refractivity contribution in [2.24, 2.45) is 0 Å². The van der Waals surface area contributed by atoms with E-state index in [1.807, 2.05) is 0 Å². The molecule has 2 aromatic rings. The molecule has 2 aromatic carbocycles. The first-order valence-corrected chi connectivity index (χ1v) is 5.75. The van der Waals surface area contributed by atoms with Gasteiger partial charge in [0, 0.05) is 11.1 Å². The summed E-state index contributed by atoms with van der Waals surface area (Å²) in [6, 6.07) is 9.48. The molecule has 0 bridgehead atoms. The van der Waals surface area contributed by atoms with Crippen molar-refractivity contribution in [3.63, 3.8) is 0 Å². The number of ketones is 1. The van der Waals surface area contributed by atoms with E-state index in [0.717, 1.165) is 0 Å². The van der Waals surface area contributed by atoms with Gasteiger partial charge in [0.1, 0.15) is 17.2 Å². The van der Waals surface area contributed by atoms with Crippen molar-refractivity contribution < 1.29 is 19.7 Å². The molecule has 0 radical (unpaired) electrons. The van der Waals surface area contributed by atoms with Gasteiger partial charge in [-0.2, -0.15) is 0 Å². The van der Waals surface area contributed by atoms with E-state index in [1.54, 1.807) is 31.2 Å². The SMILES string of the molecule is COc1cccc(C(=O)c2ccc(O)c(C)c2O)c1. The maximum absolute atomic E-state index is 12.3. The van der Waals surface area contributed by atoms with Crippen LogP contribution in [-0.2, 0) is 0 Å². The lowest BCUT2D eigenvalue weighted by Gasteiger charge is -2.08. The van der Waals surface area contributed by atoms with Crippen molar-refractivity contribution in [3.05, 3.63) is 53.1 Å². The molecule has 2 rings (SSSR count). The van der Waals surface area contributed by atoms with Crippen molar-refractivity contribution in [1.29, 1.82) is 0 Å². The number of phenols is 2. The average Bonchev–Trinajstić information content (AvgIpc) is 2.44. The lowest BCUT2D eigenvalue weighted by atomic mass is 9.99. The fourth-order valence-corrected chi connectivity index (χ4v) is 1.79. The molecule has 0 amide bonds. The van der Waals surface area contributed by atoms with Crippen molar-refractivity contribution in [2.45, 2.75) is 6.92 Å². The normalized spacial score (nSPS) is 10.2. The van der Waals surface area contributed by atoms with E-state index < -0.39 is 0 Å². The summed E-state index contributed by atoms with van der Waals surface area (Å²) in [5, 5.41) is 19.4. The lowest BCUT2D eigenvalue weighted by Crippen LogP contribution is -2.02. The maximum atomic E-state index is 12.3. The van der Waals surface area contributed by atoms with E-state index in [0.29, 0.717) is 11.3 Å². The number of benzene rings is 2. The van der Waals surface area contributed by atoms with Crippen LogP contribution in [0.5, 0.6) is 17.2 Å². The monoisotopic (exact) mass is 258 g/mol. The van der Waals surface area contributed by atoms with Crippen molar-refractivity contribution in [2.75, 3.05) is 7.11 Å². The molecule has 0 saturated heterocycles. The van der Waals surface area contributed by atoms with Crippen LogP contribution in [0.3, 0.4) is 0 Å². The van der Waals surface area contributed by atoms with Gasteiger partial charge in [0.15, 0.2) is 5.78 Å². The molecule has 0 heterocycles. The van der Waals surface area contributed by atoms with E-state index in [-0.39, 0.29) is 28.4 Å². The van der Waals surface area contributed by atoms with Crippen molar-refractivity contribution >= 4 is 5.78 Å². The molecular weight excluding hydrogens is 244 g/mol. The fourth-order valence-electron chi connectivity index (χ4n) is 1.79. The predicted molar refractivity (Wildman–Crippen MR) is 70.9 cm³/mol. The lowest BCUT2D eigenvalue weighted by molar-refractivity contribution is 0.103. The Morgan fingerprint density at radius 2 is 1.89 bits per heavy atom. The molecular formula is C15H14O4. The van der Waals surface area contributed by atoms with Crippen LogP contribution in [0, 0.1) is 6.92 Å². The molecule has 4 heteroatoms. The Kier molecular flexibility index (Phi) is 3.42. The Labute approximate surface area is 110 Å². The number of ether oxygens (including phenoxy) is 1. The van der Waals surface area contributed by atoms with Gasteiger partial charge in [-0.25, -0.2) is 0 Å². The maximum Gasteiger partial charge on any atom is 0.196 e. The van der Waals surface area contributed by atoms with Gasteiger partial charge in [0.25, 0.3) is 0 Å². The van der Waals surface area contributed by atoms with E-state index in [1.165, 1.54) is 19.2 Å². The average molecular weight is 258 g/mol. The molecule has 0 saturated carbocycles. The topological polar surface area (TPSA) is 66.8 Å². The van der Waals surface area contributed by atoms with Gasteiger partial charge in [-0.15, -0.1) is 0 Å². The smallest absolute Gasteiger partial charge is 0.196 e. The Balaban J connectivity index is 2.47. The second-order valence-corrected chi connectivity index (χ2v) is 4.17. The zero-order chi connectivity index (χ0) is 14.0. The van der Waals surface area contributed by atoms with E-state index >= 15 is 0 Å². The Bertz CT molecular complexity index is 632. The van der Waals surface area contributed by atoms with Crippen LogP contribution < -0.4 is 4.74 Å². The minimum absolute atomic E-state index is 0.0420. The fraction of sp³-hybridized carbons (Fsp3) is 0.133. The first kappa shape index (κ1) is 13.0. The third-order valence-electron chi connectivity index (χ3n) is 2.98. The Morgan fingerprint density at radius 1 is 1.16 bits per heavy atom. The number of carbonyl (C=O) groups is 1. The molecule has 2 N–H and O–H groups in total. The van der Waals surface area contributed by atoms with Gasteiger partial charge in [0.05, 0.1) is 12.7 Å². The molecule has 0 spiro atoms. The van der Waals surface area contributed by atoms with Gasteiger partial charge in [0.2, 0.25) is 0 Å². The standard InChI is InChI=1S/C15H14O4/c1-9-13(16)7-6-12(14(9)17)15(18)10-4-3-5-11(8-10)19-2/h3-8,16-17H,1-2H3. The first-order valence-electron chi connectivity index (χ1n) is 5.75. The summed E-state index contributed by atoms with van der Waals surface area (Å²) >= 11 is 0. The molecule has 4 nitrogen and oxygen atoms in total. The van der Waals surface area contributed by atoms with Gasteiger partial charge in [-0.05, 0) is 31.2 Å². The quantitative estimate of drug-likeness (QED) is 0.830. The van der Waals surface area contributed by atoms with E-state index in [4.69, 9.17) is 4.74 Å². The summed E-state index contributed by atoms with van der Waals surface area (Å²) in [5.41, 5.74) is 0.858. The van der Waals surface area contributed by atoms with Crippen LogP contribution in [0.2, 0.25) is 0 Å². The predicted octanol–water partition coefficient (Wildman–Crippen LogP) is 2.65. The molecule has 0 aliphatic heterocycles. The minimum Gasteiger partial charge on any atom is -0.508 e. The van der Waals surface area contributed by atoms with Gasteiger partial charge >= 0.3 is 0 Å². The van der Waals surface area contributed by atoms with Crippen molar-refractivity contribution in [1.82, 2.24) is 0 Å². The summed E-state index contributed by atoms with van der Waals surface area (Å²) in [7, 11) is 1.52. The molecule has 0 fully saturated rings. The number of carbonyl (C=O) groups excluding carboxylic acids is 1. The van der Waals surface area contributed by atoms with E-state index in [9.17, 15) is 15.0 Å². The van der Waals surface area contributed by atoms with Crippen LogP contribution >= 0.6 is 0 Å². The molecule has 0 aliphatic rings. The first-order chi connectivity index (χ1) is 9.04. The van der Waals surface area contributed by atoms with Gasteiger partial charge in [-0.1, -0.05) is 12.1 Å². The van der Waals surface area contributed by atoms with Crippen LogP contribution in [0.4, 0.5) is 0 Å². The summed E-state index contributed by atoms with van der Waals surface area (Å²) in [6.45, 7) is 1.55. The second kappa shape index (κ2) is 5.02. The number of hydrogen-bond donors (Lipinski definition) is 2. The Hall–Kier alpha value is -2.49. The zero-order valence-electron chi connectivity index (χ0n) is 10.7. The van der Waals surface area contributed by atoms with Crippen LogP contribution in [-0.4, -0.2) is 23.1 Å². The zero-order valence-corrected chi connectivity index (χ0v) is 10.7. The summed E-state index contributed by atoms with van der Waals surface area (Å²) < 4.78 is 5.06. The summed E-state index contributed by atoms with van der Waals surface area (Å²) in [6.07, 6.45) is 0. The molecule has 0 aromatic heterocycles. The highest BCUT2D eigenvalue weighted by Crippen LogP contribution is 2.31. The third kappa shape index (κ3) is 2.38. The van der Waals surface area contributed by atoms with Gasteiger partial charge < -0.3 is 14.9 Å². The molecule has 19 heavy (non-hydrogen) atoms. The highest BCUT2D eigenvalue weighted by molar-refractivity contribution is 6.11. The van der Waals surface area contributed by atoms with Crippen LogP contribution in [0.1, 0.15) is 21.5 Å². The summed E-state index contributed by atoms with van der Waals surface area (Å²) in [5.74, 6) is 0.00727. The minimum atomic E-state index is -0.320. The Morgan fingerprint density at radius 3 is 2.58 bits per heavy atom. The third-order valence-corrected chi connectivity index (χ3v) is 2.98. The van der Waals surface area contributed by atoms with Crippen LogP contribution in [0.15, 0.2) is 36.4 Å². The number of phenolic OH excluding ortho intramolecular Hbond substituents is 2. The second-order valence-electron chi connectivity index (χ2n) is 4.17. The number of methoxy groups -OCH3 is 1. The highest BCUT2D eigenvalue weighted by Gasteiger charge is 2.17. The van der Waals surface area contributed by atoms with Gasteiger partial charge in [-0.3, -0.25) is 4.79 Å². The number of aromatic hydroxyl groups is 2. The van der Waals surface area contributed by atoms with Crippen LogP contribution in [0.25, 0.3) is 0 Å². The largest absolute Gasteiger partial charge is 0.508 e. The molecule has 0 unspecified atom stereocenters. The van der Waals surface area contributed by atoms with Crippen molar-refractivity contribution in [3.8, 4) is 17.2 Å². The number of hydrogen-bond acceptors (Lipinski definition) is 4. The molecule has 98 valence electrons. The molecule has 0 aliphatic carbocycles. The van der Waals surface area contributed by atoms with E-state index in [2.05, 4.69) is 0 Å². The summed E-state index contributed by atoms with van der Waals surface area (Å²) in [4.78, 5) is 12.3. The highest BCUT2D eigenvalue weighted by atomic mass is 16.5.